The van der Waals surface area contributed by atoms with Gasteiger partial charge in [-0.05, 0) is 24.5 Å². The van der Waals surface area contributed by atoms with Crippen LogP contribution in [0.1, 0.15) is 48.8 Å². The molecule has 1 amide bonds. The maximum atomic E-state index is 12.3. The van der Waals surface area contributed by atoms with Crippen LogP contribution in [0.15, 0.2) is 18.5 Å². The minimum Gasteiger partial charge on any atom is -0.354 e. The molecule has 0 aliphatic heterocycles. The molecular formula is C14H21N5O. The predicted octanol–water partition coefficient (Wildman–Crippen LogP) is 1.83. The van der Waals surface area contributed by atoms with Crippen LogP contribution in [0.5, 0.6) is 0 Å². The molecule has 2 N–H and O–H groups in total. The van der Waals surface area contributed by atoms with Crippen LogP contribution in [0.2, 0.25) is 0 Å². The molecule has 0 bridgehead atoms. The molecular weight excluding hydrogens is 254 g/mol. The Morgan fingerprint density at radius 2 is 2.20 bits per heavy atom. The molecule has 0 aliphatic carbocycles. The lowest BCUT2D eigenvalue weighted by molar-refractivity contribution is 0.0917. The fraction of sp³-hybridized carbons (Fsp3) is 0.500. The molecule has 0 aliphatic rings. The Morgan fingerprint density at radius 3 is 2.70 bits per heavy atom. The summed E-state index contributed by atoms with van der Waals surface area (Å²) < 4.78 is 1.69. The lowest BCUT2D eigenvalue weighted by atomic mass is 10.0. The van der Waals surface area contributed by atoms with Gasteiger partial charge in [0.15, 0.2) is 0 Å². The first-order valence-corrected chi connectivity index (χ1v) is 6.85. The van der Waals surface area contributed by atoms with Gasteiger partial charge in [-0.25, -0.2) is 4.98 Å². The summed E-state index contributed by atoms with van der Waals surface area (Å²) in [7, 11) is 1.83. The largest absolute Gasteiger partial charge is 0.354 e. The molecule has 0 unspecified atom stereocenters. The van der Waals surface area contributed by atoms with Crippen molar-refractivity contribution in [2.75, 3.05) is 0 Å². The van der Waals surface area contributed by atoms with Crippen LogP contribution in [0.25, 0.3) is 0 Å². The number of carbonyl (C=O) groups excluding carboxylic acids is 1. The number of nitrogens with zero attached hydrogens (tertiary/aromatic N) is 3. The van der Waals surface area contributed by atoms with E-state index in [1.54, 1.807) is 4.68 Å². The first kappa shape index (κ1) is 14.3. The molecule has 2 aromatic rings. The summed E-state index contributed by atoms with van der Waals surface area (Å²) in [6.45, 7) is 6.14. The standard InChI is InChI=1S/C14H21N5O/c1-5-10-6-7-11(17-10)14(20)18-12(9(2)3)13-15-8-16-19(13)4/h6-9,12,17H,5H2,1-4H3,(H,18,20)/t12-/m0/s1. The van der Waals surface area contributed by atoms with E-state index in [0.29, 0.717) is 5.69 Å². The Labute approximate surface area is 118 Å². The van der Waals surface area contributed by atoms with Gasteiger partial charge in [0.2, 0.25) is 0 Å². The molecule has 0 saturated carbocycles. The van der Waals surface area contributed by atoms with Crippen LogP contribution in [-0.4, -0.2) is 25.7 Å². The van der Waals surface area contributed by atoms with Gasteiger partial charge in [-0.15, -0.1) is 0 Å². The molecule has 20 heavy (non-hydrogen) atoms. The Balaban J connectivity index is 2.16. The number of aryl methyl sites for hydroxylation is 2. The Kier molecular flexibility index (Phi) is 4.22. The van der Waals surface area contributed by atoms with Gasteiger partial charge in [0, 0.05) is 12.7 Å². The summed E-state index contributed by atoms with van der Waals surface area (Å²) in [6, 6.07) is 3.58. The Hall–Kier alpha value is -2.11. The van der Waals surface area contributed by atoms with Crippen molar-refractivity contribution in [1.29, 1.82) is 0 Å². The average Bonchev–Trinajstić information content (AvgIpc) is 3.04. The quantitative estimate of drug-likeness (QED) is 0.874. The Bertz CT molecular complexity index is 584. The van der Waals surface area contributed by atoms with E-state index in [1.807, 2.05) is 40.0 Å². The van der Waals surface area contributed by atoms with Crippen molar-refractivity contribution in [2.45, 2.75) is 33.2 Å². The Morgan fingerprint density at radius 1 is 1.45 bits per heavy atom. The number of hydrogen-bond acceptors (Lipinski definition) is 3. The lowest BCUT2D eigenvalue weighted by Gasteiger charge is -2.21. The van der Waals surface area contributed by atoms with Crippen molar-refractivity contribution in [3.8, 4) is 0 Å². The zero-order valence-electron chi connectivity index (χ0n) is 12.3. The molecule has 1 atom stereocenters. The van der Waals surface area contributed by atoms with E-state index in [4.69, 9.17) is 0 Å². The second kappa shape index (κ2) is 5.90. The number of carbonyl (C=O) groups is 1. The van der Waals surface area contributed by atoms with Gasteiger partial charge >= 0.3 is 0 Å². The minimum atomic E-state index is -0.164. The third-order valence-corrected chi connectivity index (χ3v) is 3.35. The van der Waals surface area contributed by atoms with Gasteiger partial charge in [-0.3, -0.25) is 9.48 Å². The topological polar surface area (TPSA) is 75.6 Å². The monoisotopic (exact) mass is 275 g/mol. The van der Waals surface area contributed by atoms with Crippen LogP contribution in [0, 0.1) is 5.92 Å². The summed E-state index contributed by atoms with van der Waals surface area (Å²) in [5.41, 5.74) is 1.63. The van der Waals surface area contributed by atoms with E-state index < -0.39 is 0 Å². The molecule has 0 spiro atoms. The van der Waals surface area contributed by atoms with Crippen LogP contribution in [-0.2, 0) is 13.5 Å². The van der Waals surface area contributed by atoms with Crippen LogP contribution < -0.4 is 5.32 Å². The van der Waals surface area contributed by atoms with Gasteiger partial charge in [-0.1, -0.05) is 20.8 Å². The van der Waals surface area contributed by atoms with Crippen molar-refractivity contribution in [3.63, 3.8) is 0 Å². The number of amides is 1. The van der Waals surface area contributed by atoms with Crippen molar-refractivity contribution < 1.29 is 4.79 Å². The highest BCUT2D eigenvalue weighted by Gasteiger charge is 2.23. The van der Waals surface area contributed by atoms with Gasteiger partial charge in [0.1, 0.15) is 17.8 Å². The molecule has 0 aromatic carbocycles. The average molecular weight is 275 g/mol. The SMILES string of the molecule is CCc1ccc(C(=O)N[C@H](c2ncnn2C)C(C)C)[nH]1. The molecule has 2 aromatic heterocycles. The molecule has 108 valence electrons. The van der Waals surface area contributed by atoms with Crippen molar-refractivity contribution in [1.82, 2.24) is 25.1 Å². The number of hydrogen-bond donors (Lipinski definition) is 2. The molecule has 2 heterocycles. The lowest BCUT2D eigenvalue weighted by Crippen LogP contribution is -2.33. The minimum absolute atomic E-state index is 0.119. The summed E-state index contributed by atoms with van der Waals surface area (Å²) in [5, 5.41) is 7.08. The molecule has 6 nitrogen and oxygen atoms in total. The zero-order valence-corrected chi connectivity index (χ0v) is 12.3. The summed E-state index contributed by atoms with van der Waals surface area (Å²) >= 11 is 0. The number of aromatic nitrogens is 4. The highest BCUT2D eigenvalue weighted by atomic mass is 16.2. The first-order valence-electron chi connectivity index (χ1n) is 6.85. The molecule has 0 radical (unpaired) electrons. The third kappa shape index (κ3) is 2.89. The molecule has 2 rings (SSSR count). The van der Waals surface area contributed by atoms with E-state index in [2.05, 4.69) is 20.4 Å². The number of H-pyrrole nitrogens is 1. The van der Waals surface area contributed by atoms with Crippen molar-refractivity contribution >= 4 is 5.91 Å². The second-order valence-electron chi connectivity index (χ2n) is 5.19. The maximum absolute atomic E-state index is 12.3. The van der Waals surface area contributed by atoms with Crippen molar-refractivity contribution in [2.24, 2.45) is 13.0 Å². The predicted molar refractivity (Wildman–Crippen MR) is 76.2 cm³/mol. The first-order chi connectivity index (χ1) is 9.52. The van der Waals surface area contributed by atoms with Gasteiger partial charge in [-0.2, -0.15) is 5.10 Å². The highest BCUT2D eigenvalue weighted by Crippen LogP contribution is 2.19. The van der Waals surface area contributed by atoms with Gasteiger partial charge in [0.25, 0.3) is 5.91 Å². The van der Waals surface area contributed by atoms with E-state index in [0.717, 1.165) is 17.9 Å². The zero-order chi connectivity index (χ0) is 14.7. The fourth-order valence-corrected chi connectivity index (χ4v) is 2.11. The number of aromatic amines is 1. The van der Waals surface area contributed by atoms with Crippen LogP contribution in [0.4, 0.5) is 0 Å². The van der Waals surface area contributed by atoms with E-state index in [-0.39, 0.29) is 17.9 Å². The van der Waals surface area contributed by atoms with Crippen molar-refractivity contribution in [3.05, 3.63) is 35.7 Å². The summed E-state index contributed by atoms with van der Waals surface area (Å²) in [5.74, 6) is 0.865. The van der Waals surface area contributed by atoms with Gasteiger partial charge in [0.05, 0.1) is 6.04 Å². The smallest absolute Gasteiger partial charge is 0.268 e. The summed E-state index contributed by atoms with van der Waals surface area (Å²) in [6.07, 6.45) is 2.38. The highest BCUT2D eigenvalue weighted by molar-refractivity contribution is 5.92. The second-order valence-corrected chi connectivity index (χ2v) is 5.19. The van der Waals surface area contributed by atoms with E-state index in [9.17, 15) is 4.79 Å². The fourth-order valence-electron chi connectivity index (χ4n) is 2.11. The van der Waals surface area contributed by atoms with Gasteiger partial charge < -0.3 is 10.3 Å². The summed E-state index contributed by atoms with van der Waals surface area (Å²) in [4.78, 5) is 19.6. The van der Waals surface area contributed by atoms with Crippen LogP contribution >= 0.6 is 0 Å². The third-order valence-electron chi connectivity index (χ3n) is 3.35. The van der Waals surface area contributed by atoms with Crippen LogP contribution in [0.3, 0.4) is 0 Å². The van der Waals surface area contributed by atoms with E-state index >= 15 is 0 Å². The molecule has 0 saturated heterocycles. The maximum Gasteiger partial charge on any atom is 0.268 e. The molecule has 0 fully saturated rings. The number of nitrogens with one attached hydrogen (secondary N) is 2. The molecule has 6 heteroatoms. The normalized spacial score (nSPS) is 12.7. The number of rotatable bonds is 5. The van der Waals surface area contributed by atoms with E-state index in [1.165, 1.54) is 6.33 Å².